The van der Waals surface area contributed by atoms with E-state index in [1.165, 1.54) is 11.8 Å². The Kier molecular flexibility index (Phi) is 5.94. The molecule has 138 valence electrons. The largest absolute Gasteiger partial charge is 0.351 e. The van der Waals surface area contributed by atoms with Gasteiger partial charge in [-0.2, -0.15) is 5.26 Å². The molecule has 0 bridgehead atoms. The van der Waals surface area contributed by atoms with Crippen LogP contribution in [0.2, 0.25) is 0 Å². The molecule has 3 aromatic carbocycles. The third-order valence-electron chi connectivity index (χ3n) is 3.75. The Balaban J connectivity index is 1.84. The van der Waals surface area contributed by atoms with E-state index >= 15 is 0 Å². The molecule has 0 radical (unpaired) electrons. The number of amides is 3. The van der Waals surface area contributed by atoms with E-state index in [-0.39, 0.29) is 5.91 Å². The lowest BCUT2D eigenvalue weighted by molar-refractivity contribution is 0.102. The van der Waals surface area contributed by atoms with Crippen molar-refractivity contribution in [2.24, 2.45) is 5.73 Å². The number of nitrogens with zero attached hydrogens (tertiary/aromatic N) is 1. The van der Waals surface area contributed by atoms with Crippen molar-refractivity contribution in [1.29, 1.82) is 5.26 Å². The van der Waals surface area contributed by atoms with Gasteiger partial charge in [-0.1, -0.05) is 42.1 Å². The van der Waals surface area contributed by atoms with Crippen LogP contribution in [0, 0.1) is 11.3 Å². The Bertz CT molecular complexity index is 1080. The summed E-state index contributed by atoms with van der Waals surface area (Å²) in [6.07, 6.45) is 0. The van der Waals surface area contributed by atoms with Crippen molar-refractivity contribution in [3.8, 4) is 6.07 Å². The topological polar surface area (TPSA) is 108 Å². The van der Waals surface area contributed by atoms with Crippen LogP contribution < -0.4 is 16.4 Å². The first-order chi connectivity index (χ1) is 13.6. The van der Waals surface area contributed by atoms with E-state index in [4.69, 9.17) is 5.73 Å². The zero-order valence-electron chi connectivity index (χ0n) is 14.7. The number of benzene rings is 3. The molecule has 0 aliphatic heterocycles. The lowest BCUT2D eigenvalue weighted by Gasteiger charge is -2.11. The molecular weight excluding hydrogens is 372 g/mol. The smallest absolute Gasteiger partial charge is 0.316 e. The van der Waals surface area contributed by atoms with Crippen molar-refractivity contribution >= 4 is 35.1 Å². The van der Waals surface area contributed by atoms with E-state index in [2.05, 4.69) is 16.7 Å². The van der Waals surface area contributed by atoms with E-state index in [0.29, 0.717) is 22.5 Å². The fourth-order valence-electron chi connectivity index (χ4n) is 2.53. The Morgan fingerprint density at radius 2 is 1.50 bits per heavy atom. The zero-order valence-corrected chi connectivity index (χ0v) is 15.5. The summed E-state index contributed by atoms with van der Waals surface area (Å²) in [7, 11) is 0. The van der Waals surface area contributed by atoms with Gasteiger partial charge in [0.25, 0.3) is 5.91 Å². The Morgan fingerprint density at radius 3 is 2.21 bits per heavy atom. The van der Waals surface area contributed by atoms with Gasteiger partial charge in [0.2, 0.25) is 0 Å². The number of carbonyl (C=O) groups excluding carboxylic acids is 2. The Morgan fingerprint density at radius 1 is 0.857 bits per heavy atom. The lowest BCUT2D eigenvalue weighted by Crippen LogP contribution is -2.19. The van der Waals surface area contributed by atoms with E-state index < -0.39 is 6.03 Å². The quantitative estimate of drug-likeness (QED) is 0.600. The van der Waals surface area contributed by atoms with Crippen LogP contribution in [0.5, 0.6) is 0 Å². The molecule has 0 aliphatic rings. The molecule has 0 aromatic heterocycles. The summed E-state index contributed by atoms with van der Waals surface area (Å²) in [4.78, 5) is 25.3. The molecule has 28 heavy (non-hydrogen) atoms. The number of hydrogen-bond donors (Lipinski definition) is 3. The van der Waals surface area contributed by atoms with Crippen LogP contribution in [0.15, 0.2) is 82.6 Å². The van der Waals surface area contributed by atoms with Gasteiger partial charge in [0.1, 0.15) is 6.07 Å². The number of primary amides is 1. The predicted octanol–water partition coefficient (Wildman–Crippen LogP) is 4.45. The van der Waals surface area contributed by atoms with Gasteiger partial charge in [0, 0.05) is 21.2 Å². The van der Waals surface area contributed by atoms with Gasteiger partial charge in [-0.15, -0.1) is 0 Å². The number of urea groups is 1. The zero-order chi connectivity index (χ0) is 19.9. The second-order valence-corrected chi connectivity index (χ2v) is 6.81. The molecule has 0 atom stereocenters. The molecule has 0 saturated heterocycles. The minimum atomic E-state index is -0.679. The first-order valence-corrected chi connectivity index (χ1v) is 9.12. The first kappa shape index (κ1) is 19.0. The Hall–Kier alpha value is -3.76. The third-order valence-corrected chi connectivity index (χ3v) is 4.90. The maximum Gasteiger partial charge on any atom is 0.316 e. The molecule has 4 N–H and O–H groups in total. The molecule has 3 aromatic rings. The van der Waals surface area contributed by atoms with Crippen LogP contribution in [0.4, 0.5) is 16.2 Å². The molecule has 0 saturated carbocycles. The molecule has 0 unspecified atom stereocenters. The van der Waals surface area contributed by atoms with Crippen LogP contribution in [0.1, 0.15) is 15.9 Å². The Labute approximate surface area is 166 Å². The molecule has 7 heteroatoms. The van der Waals surface area contributed by atoms with Crippen LogP contribution >= 0.6 is 11.8 Å². The van der Waals surface area contributed by atoms with Crippen molar-refractivity contribution in [3.05, 3.63) is 83.9 Å². The highest BCUT2D eigenvalue weighted by Crippen LogP contribution is 2.33. The number of nitriles is 1. The van der Waals surface area contributed by atoms with Gasteiger partial charge < -0.3 is 16.4 Å². The van der Waals surface area contributed by atoms with Crippen LogP contribution in [0.3, 0.4) is 0 Å². The normalized spacial score (nSPS) is 9.96. The second-order valence-electron chi connectivity index (χ2n) is 5.73. The summed E-state index contributed by atoms with van der Waals surface area (Å²) in [6, 6.07) is 22.6. The highest BCUT2D eigenvalue weighted by Gasteiger charge is 2.14. The van der Waals surface area contributed by atoms with Gasteiger partial charge in [-0.3, -0.25) is 4.79 Å². The van der Waals surface area contributed by atoms with E-state index in [1.807, 2.05) is 24.3 Å². The van der Waals surface area contributed by atoms with Crippen molar-refractivity contribution in [1.82, 2.24) is 0 Å². The van der Waals surface area contributed by atoms with Gasteiger partial charge in [-0.05, 0) is 42.5 Å². The maximum atomic E-state index is 12.8. The van der Waals surface area contributed by atoms with E-state index in [0.717, 1.165) is 9.79 Å². The maximum absolute atomic E-state index is 12.8. The molecular formula is C21H16N4O2S. The average molecular weight is 388 g/mol. The molecule has 0 spiro atoms. The minimum absolute atomic E-state index is 0.297. The molecule has 6 nitrogen and oxygen atoms in total. The molecule has 0 fully saturated rings. The monoisotopic (exact) mass is 388 g/mol. The third kappa shape index (κ3) is 4.69. The number of nitrogens with one attached hydrogen (secondary N) is 2. The molecule has 0 heterocycles. The fraction of sp³-hybridized carbons (Fsp3) is 0. The number of carbonyl (C=O) groups is 2. The highest BCUT2D eigenvalue weighted by molar-refractivity contribution is 7.99. The van der Waals surface area contributed by atoms with Gasteiger partial charge in [0.05, 0.1) is 11.1 Å². The minimum Gasteiger partial charge on any atom is -0.351 e. The van der Waals surface area contributed by atoms with Crippen molar-refractivity contribution < 1.29 is 9.59 Å². The lowest BCUT2D eigenvalue weighted by atomic mass is 10.2. The molecule has 3 rings (SSSR count). The number of hydrogen-bond acceptors (Lipinski definition) is 4. The van der Waals surface area contributed by atoms with Gasteiger partial charge >= 0.3 is 6.03 Å². The van der Waals surface area contributed by atoms with Crippen LogP contribution in [-0.2, 0) is 0 Å². The summed E-state index contributed by atoms with van der Waals surface area (Å²) in [6.45, 7) is 0. The van der Waals surface area contributed by atoms with E-state index in [1.54, 1.807) is 48.5 Å². The second kappa shape index (κ2) is 8.75. The van der Waals surface area contributed by atoms with Crippen molar-refractivity contribution in [2.75, 3.05) is 10.6 Å². The summed E-state index contributed by atoms with van der Waals surface area (Å²) in [5.74, 6) is -0.297. The van der Waals surface area contributed by atoms with Crippen molar-refractivity contribution in [3.63, 3.8) is 0 Å². The summed E-state index contributed by atoms with van der Waals surface area (Å²) in [5.41, 5.74) is 7.15. The van der Waals surface area contributed by atoms with E-state index in [9.17, 15) is 14.9 Å². The predicted molar refractivity (Wildman–Crippen MR) is 109 cm³/mol. The van der Waals surface area contributed by atoms with Crippen LogP contribution in [0.25, 0.3) is 0 Å². The molecule has 3 amide bonds. The fourth-order valence-corrected chi connectivity index (χ4v) is 3.55. The number of nitrogens with two attached hydrogens (primary N) is 1. The van der Waals surface area contributed by atoms with Gasteiger partial charge in [-0.25, -0.2) is 4.79 Å². The molecule has 0 aliphatic carbocycles. The SMILES string of the molecule is N#Cc1ccccc1Sc1ccccc1C(=O)Nc1cccc(NC(N)=O)c1. The standard InChI is InChI=1S/C21H16N4O2S/c22-13-14-6-1-3-10-18(14)28-19-11-4-2-9-17(19)20(26)24-15-7-5-8-16(12-15)25-21(23)27/h1-12H,(H,24,26)(H3,23,25,27). The van der Waals surface area contributed by atoms with Crippen LogP contribution in [-0.4, -0.2) is 11.9 Å². The summed E-state index contributed by atoms with van der Waals surface area (Å²) in [5, 5.41) is 14.6. The number of anilines is 2. The first-order valence-electron chi connectivity index (χ1n) is 8.30. The average Bonchev–Trinajstić information content (AvgIpc) is 2.68. The summed E-state index contributed by atoms with van der Waals surface area (Å²) < 4.78 is 0. The van der Waals surface area contributed by atoms with Crippen molar-refractivity contribution in [2.45, 2.75) is 9.79 Å². The van der Waals surface area contributed by atoms with Gasteiger partial charge in [0.15, 0.2) is 0 Å². The highest BCUT2D eigenvalue weighted by atomic mass is 32.2. The number of rotatable bonds is 5. The summed E-state index contributed by atoms with van der Waals surface area (Å²) >= 11 is 1.36.